The van der Waals surface area contributed by atoms with Crippen LogP contribution in [0.15, 0.2) is 0 Å². The molecular formula is C12H20N4O3. The van der Waals surface area contributed by atoms with Crippen molar-refractivity contribution in [2.75, 3.05) is 11.9 Å². The number of anilines is 1. The summed E-state index contributed by atoms with van der Waals surface area (Å²) in [6.45, 7) is 5.60. The van der Waals surface area contributed by atoms with Gasteiger partial charge in [0.2, 0.25) is 0 Å². The fraction of sp³-hybridized carbons (Fsp3) is 0.583. The number of aromatic nitrogens is 2. The summed E-state index contributed by atoms with van der Waals surface area (Å²) in [4.78, 5) is 22.6. The van der Waals surface area contributed by atoms with E-state index in [9.17, 15) is 9.59 Å². The highest BCUT2D eigenvalue weighted by Crippen LogP contribution is 2.15. The number of urea groups is 1. The van der Waals surface area contributed by atoms with Crippen molar-refractivity contribution in [3.05, 3.63) is 11.4 Å². The van der Waals surface area contributed by atoms with Crippen LogP contribution in [-0.2, 0) is 4.79 Å². The molecule has 1 aromatic heterocycles. The molecule has 0 bridgehead atoms. The smallest absolute Gasteiger partial charge is 0.319 e. The molecule has 0 spiro atoms. The summed E-state index contributed by atoms with van der Waals surface area (Å²) in [7, 11) is 0. The van der Waals surface area contributed by atoms with Crippen LogP contribution in [0.25, 0.3) is 0 Å². The van der Waals surface area contributed by atoms with Gasteiger partial charge in [0.1, 0.15) is 0 Å². The third kappa shape index (κ3) is 4.27. The second-order valence-electron chi connectivity index (χ2n) is 4.47. The van der Waals surface area contributed by atoms with Crippen molar-refractivity contribution in [3.8, 4) is 0 Å². The van der Waals surface area contributed by atoms with Crippen molar-refractivity contribution in [2.24, 2.45) is 5.92 Å². The summed E-state index contributed by atoms with van der Waals surface area (Å²) >= 11 is 0. The number of carboxylic acids is 1. The maximum Gasteiger partial charge on any atom is 0.319 e. The average Bonchev–Trinajstić information content (AvgIpc) is 2.66. The first kappa shape index (κ1) is 15.0. The Balaban J connectivity index is 2.50. The normalized spacial score (nSPS) is 11.9. The van der Waals surface area contributed by atoms with E-state index in [2.05, 4.69) is 20.8 Å². The van der Waals surface area contributed by atoms with Gasteiger partial charge in [-0.1, -0.05) is 13.3 Å². The molecule has 1 heterocycles. The molecule has 0 radical (unpaired) electrons. The molecule has 7 heteroatoms. The molecule has 0 aliphatic carbocycles. The molecule has 1 unspecified atom stereocenters. The van der Waals surface area contributed by atoms with E-state index in [-0.39, 0.29) is 6.54 Å². The van der Waals surface area contributed by atoms with Crippen LogP contribution in [0.1, 0.15) is 31.2 Å². The molecule has 7 nitrogen and oxygen atoms in total. The number of H-pyrrole nitrogens is 1. The van der Waals surface area contributed by atoms with E-state index in [1.54, 1.807) is 13.8 Å². The zero-order chi connectivity index (χ0) is 14.4. The van der Waals surface area contributed by atoms with Gasteiger partial charge >= 0.3 is 12.0 Å². The van der Waals surface area contributed by atoms with Crippen LogP contribution in [0.5, 0.6) is 0 Å². The fourth-order valence-corrected chi connectivity index (χ4v) is 1.77. The lowest BCUT2D eigenvalue weighted by molar-refractivity contribution is -0.141. The predicted molar refractivity (Wildman–Crippen MR) is 71.1 cm³/mol. The number of rotatable bonds is 6. The molecule has 0 fully saturated rings. The Bertz CT molecular complexity index is 436. The highest BCUT2D eigenvalue weighted by molar-refractivity contribution is 5.90. The Labute approximate surface area is 111 Å². The summed E-state index contributed by atoms with van der Waals surface area (Å²) in [5, 5.41) is 20.9. The second-order valence-corrected chi connectivity index (χ2v) is 4.47. The summed E-state index contributed by atoms with van der Waals surface area (Å²) < 4.78 is 0. The molecule has 1 aromatic rings. The number of aromatic amines is 1. The molecule has 0 saturated carbocycles. The largest absolute Gasteiger partial charge is 0.481 e. The van der Waals surface area contributed by atoms with Crippen molar-refractivity contribution < 1.29 is 14.7 Å². The van der Waals surface area contributed by atoms with Crippen LogP contribution in [0, 0.1) is 19.8 Å². The van der Waals surface area contributed by atoms with Crippen molar-refractivity contribution in [1.82, 2.24) is 15.5 Å². The number of aliphatic carboxylic acids is 1. The molecule has 106 valence electrons. The number of nitrogens with one attached hydrogen (secondary N) is 3. The summed E-state index contributed by atoms with van der Waals surface area (Å²) in [5.41, 5.74) is 2.08. The first-order valence-electron chi connectivity index (χ1n) is 6.24. The van der Waals surface area contributed by atoms with Gasteiger partial charge < -0.3 is 15.7 Å². The van der Waals surface area contributed by atoms with Crippen LogP contribution >= 0.6 is 0 Å². The van der Waals surface area contributed by atoms with E-state index in [0.717, 1.165) is 12.1 Å². The molecule has 0 saturated heterocycles. The molecule has 19 heavy (non-hydrogen) atoms. The third-order valence-corrected chi connectivity index (χ3v) is 2.86. The van der Waals surface area contributed by atoms with Gasteiger partial charge in [-0.2, -0.15) is 5.10 Å². The lowest BCUT2D eigenvalue weighted by Gasteiger charge is -2.13. The van der Waals surface area contributed by atoms with E-state index in [0.29, 0.717) is 17.8 Å². The van der Waals surface area contributed by atoms with Gasteiger partial charge in [-0.3, -0.25) is 9.89 Å². The number of hydrogen-bond donors (Lipinski definition) is 4. The van der Waals surface area contributed by atoms with Crippen LogP contribution in [0.4, 0.5) is 10.5 Å². The topological polar surface area (TPSA) is 107 Å². The van der Waals surface area contributed by atoms with Crippen LogP contribution in [0.2, 0.25) is 0 Å². The van der Waals surface area contributed by atoms with Gasteiger partial charge in [-0.25, -0.2) is 4.79 Å². The molecule has 0 aliphatic rings. The number of amides is 2. The lowest BCUT2D eigenvalue weighted by atomic mass is 10.0. The Morgan fingerprint density at radius 1 is 1.42 bits per heavy atom. The SMILES string of the molecule is CCCC(CNC(=O)Nc1c(C)n[nH]c1C)C(=O)O. The number of hydrogen-bond acceptors (Lipinski definition) is 3. The van der Waals surface area contributed by atoms with Gasteiger partial charge in [-0.05, 0) is 20.3 Å². The third-order valence-electron chi connectivity index (χ3n) is 2.86. The summed E-state index contributed by atoms with van der Waals surface area (Å²) in [5.74, 6) is -1.44. The molecule has 2 amide bonds. The quantitative estimate of drug-likeness (QED) is 0.629. The van der Waals surface area contributed by atoms with Gasteiger partial charge in [-0.15, -0.1) is 0 Å². The van der Waals surface area contributed by atoms with Crippen molar-refractivity contribution in [1.29, 1.82) is 0 Å². The Morgan fingerprint density at radius 2 is 2.11 bits per heavy atom. The summed E-state index contributed by atoms with van der Waals surface area (Å²) in [6.07, 6.45) is 1.31. The fourth-order valence-electron chi connectivity index (χ4n) is 1.77. The van der Waals surface area contributed by atoms with Crippen LogP contribution in [0.3, 0.4) is 0 Å². The van der Waals surface area contributed by atoms with Crippen LogP contribution in [-0.4, -0.2) is 33.8 Å². The number of nitrogens with zero attached hydrogens (tertiary/aromatic N) is 1. The van der Waals surface area contributed by atoms with Gasteiger partial charge in [0, 0.05) is 6.54 Å². The number of carbonyl (C=O) groups is 2. The van der Waals surface area contributed by atoms with E-state index in [1.807, 2.05) is 6.92 Å². The van der Waals surface area contributed by atoms with Gasteiger partial charge in [0.15, 0.2) is 0 Å². The van der Waals surface area contributed by atoms with Crippen molar-refractivity contribution in [3.63, 3.8) is 0 Å². The first-order valence-corrected chi connectivity index (χ1v) is 6.24. The molecule has 1 rings (SSSR count). The maximum absolute atomic E-state index is 11.7. The Morgan fingerprint density at radius 3 is 2.58 bits per heavy atom. The van der Waals surface area contributed by atoms with Crippen molar-refractivity contribution in [2.45, 2.75) is 33.6 Å². The zero-order valence-corrected chi connectivity index (χ0v) is 11.4. The monoisotopic (exact) mass is 268 g/mol. The second kappa shape index (κ2) is 6.77. The molecule has 0 aromatic carbocycles. The Kier molecular flexibility index (Phi) is 5.35. The van der Waals surface area contributed by atoms with E-state index < -0.39 is 17.9 Å². The van der Waals surface area contributed by atoms with E-state index in [1.165, 1.54) is 0 Å². The van der Waals surface area contributed by atoms with Crippen LogP contribution < -0.4 is 10.6 Å². The highest BCUT2D eigenvalue weighted by Gasteiger charge is 2.17. The average molecular weight is 268 g/mol. The first-order chi connectivity index (χ1) is 8.95. The van der Waals surface area contributed by atoms with Gasteiger partial charge in [0.05, 0.1) is 23.0 Å². The lowest BCUT2D eigenvalue weighted by Crippen LogP contribution is -2.35. The minimum absolute atomic E-state index is 0.116. The number of carboxylic acid groups (broad SMARTS) is 1. The molecule has 4 N–H and O–H groups in total. The molecule has 0 aliphatic heterocycles. The molecular weight excluding hydrogens is 248 g/mol. The number of aryl methyl sites for hydroxylation is 2. The maximum atomic E-state index is 11.7. The van der Waals surface area contributed by atoms with E-state index in [4.69, 9.17) is 5.11 Å². The minimum atomic E-state index is -0.891. The highest BCUT2D eigenvalue weighted by atomic mass is 16.4. The zero-order valence-electron chi connectivity index (χ0n) is 11.4. The molecule has 1 atom stereocenters. The standard InChI is InChI=1S/C12H20N4O3/c1-4-5-9(11(17)18)6-13-12(19)14-10-7(2)15-16-8(10)3/h9H,4-6H2,1-3H3,(H,15,16)(H,17,18)(H2,13,14,19). The predicted octanol–water partition coefficient (Wildman–Crippen LogP) is 1.65. The minimum Gasteiger partial charge on any atom is -0.481 e. The Hall–Kier alpha value is -2.05. The van der Waals surface area contributed by atoms with Gasteiger partial charge in [0.25, 0.3) is 0 Å². The number of carbonyl (C=O) groups excluding carboxylic acids is 1. The van der Waals surface area contributed by atoms with E-state index >= 15 is 0 Å². The summed E-state index contributed by atoms with van der Waals surface area (Å²) in [6, 6.07) is -0.421. The van der Waals surface area contributed by atoms with Crippen molar-refractivity contribution >= 4 is 17.7 Å².